The average molecular weight is 443 g/mol. The van der Waals surface area contributed by atoms with E-state index in [0.29, 0.717) is 23.9 Å². The molecule has 0 unspecified atom stereocenters. The maximum atomic E-state index is 12.0. The minimum atomic E-state index is 0.425. The molecule has 170 valence electrons. The predicted molar refractivity (Wildman–Crippen MR) is 129 cm³/mol. The molecule has 33 heavy (non-hydrogen) atoms. The quantitative estimate of drug-likeness (QED) is 0.344. The van der Waals surface area contributed by atoms with E-state index in [2.05, 4.69) is 71.7 Å². The Hall–Kier alpha value is -3.61. The molecule has 2 aromatic carbocycles. The molecule has 0 bridgehead atoms. The van der Waals surface area contributed by atoms with Crippen LogP contribution in [0.4, 0.5) is 0 Å². The van der Waals surface area contributed by atoms with Gasteiger partial charge in [-0.3, -0.25) is 9.48 Å². The Balaban J connectivity index is 1.64. The van der Waals surface area contributed by atoms with Crippen LogP contribution in [0.1, 0.15) is 60.9 Å². The van der Waals surface area contributed by atoms with Crippen molar-refractivity contribution in [3.05, 3.63) is 71.0 Å². The number of unbranched alkanes of at least 4 members (excludes halogenated alkanes) is 1. The van der Waals surface area contributed by atoms with Crippen molar-refractivity contribution >= 4 is 6.29 Å². The van der Waals surface area contributed by atoms with Gasteiger partial charge in [0.15, 0.2) is 6.29 Å². The van der Waals surface area contributed by atoms with E-state index in [1.807, 2.05) is 22.9 Å². The summed E-state index contributed by atoms with van der Waals surface area (Å²) in [6, 6.07) is 16.5. The van der Waals surface area contributed by atoms with Crippen molar-refractivity contribution in [3.8, 4) is 22.5 Å². The number of aldehydes is 1. The number of tetrazole rings is 1. The molecule has 7 heteroatoms. The van der Waals surface area contributed by atoms with Crippen LogP contribution in [0.15, 0.2) is 48.5 Å². The summed E-state index contributed by atoms with van der Waals surface area (Å²) in [4.78, 5) is 12.0. The number of rotatable bonds is 10. The SMILES string of the molecule is CCCCc1nn(CC(C)C)c(C=O)c1Cc1ccc(-c2ccccc2-c2nn[nH]n2)cc1. The molecule has 1 N–H and O–H groups in total. The standard InChI is InChI=1S/C26H30N6O/c1-4-5-10-24-23(25(17-33)32(29-24)16-18(2)3)15-19-11-13-20(14-12-19)21-8-6-7-9-22(21)26-27-30-31-28-26/h6-9,11-14,17-18H,4-5,10,15-16H2,1-3H3,(H,27,28,30,31). The molecule has 0 radical (unpaired) electrons. The van der Waals surface area contributed by atoms with Gasteiger partial charge in [-0.1, -0.05) is 75.7 Å². The van der Waals surface area contributed by atoms with Gasteiger partial charge in [0.1, 0.15) is 5.69 Å². The molecule has 7 nitrogen and oxygen atoms in total. The zero-order valence-electron chi connectivity index (χ0n) is 19.5. The fourth-order valence-electron chi connectivity index (χ4n) is 4.13. The molecule has 4 rings (SSSR count). The predicted octanol–water partition coefficient (Wildman–Crippen LogP) is 5.13. The first kappa shape index (κ1) is 22.6. The molecule has 0 fully saturated rings. The zero-order chi connectivity index (χ0) is 23.2. The lowest BCUT2D eigenvalue weighted by Gasteiger charge is -2.09. The number of aryl methyl sites for hydroxylation is 1. The van der Waals surface area contributed by atoms with E-state index >= 15 is 0 Å². The Morgan fingerprint density at radius 1 is 1.06 bits per heavy atom. The Morgan fingerprint density at radius 2 is 1.82 bits per heavy atom. The average Bonchev–Trinajstić information content (AvgIpc) is 3.46. The van der Waals surface area contributed by atoms with Gasteiger partial charge >= 0.3 is 0 Å². The Kier molecular flexibility index (Phi) is 7.07. The van der Waals surface area contributed by atoms with Gasteiger partial charge in [-0.15, -0.1) is 10.2 Å². The van der Waals surface area contributed by atoms with Gasteiger partial charge in [0.2, 0.25) is 5.82 Å². The van der Waals surface area contributed by atoms with Crippen molar-refractivity contribution in [1.82, 2.24) is 30.4 Å². The molecule has 0 aliphatic heterocycles. The molecule has 0 saturated carbocycles. The number of carbonyl (C=O) groups is 1. The minimum absolute atomic E-state index is 0.425. The molecule has 0 saturated heterocycles. The third-order valence-electron chi connectivity index (χ3n) is 5.75. The number of aromatic nitrogens is 6. The number of hydrogen-bond acceptors (Lipinski definition) is 5. The highest BCUT2D eigenvalue weighted by Crippen LogP contribution is 2.30. The van der Waals surface area contributed by atoms with Gasteiger partial charge < -0.3 is 0 Å². The van der Waals surface area contributed by atoms with Crippen LogP contribution < -0.4 is 0 Å². The fraction of sp³-hybridized carbons (Fsp3) is 0.346. The highest BCUT2D eigenvalue weighted by molar-refractivity contribution is 5.80. The summed E-state index contributed by atoms with van der Waals surface area (Å²) in [7, 11) is 0. The lowest BCUT2D eigenvalue weighted by molar-refractivity contribution is 0.111. The van der Waals surface area contributed by atoms with E-state index in [1.165, 1.54) is 0 Å². The summed E-state index contributed by atoms with van der Waals surface area (Å²) in [6.45, 7) is 7.22. The summed E-state index contributed by atoms with van der Waals surface area (Å²) in [5.41, 5.74) is 7.02. The van der Waals surface area contributed by atoms with Crippen LogP contribution in [0, 0.1) is 5.92 Å². The van der Waals surface area contributed by atoms with Crippen LogP contribution in [0.3, 0.4) is 0 Å². The highest BCUT2D eigenvalue weighted by Gasteiger charge is 2.18. The monoisotopic (exact) mass is 442 g/mol. The molecule has 0 spiro atoms. The van der Waals surface area contributed by atoms with Gasteiger partial charge in [0.25, 0.3) is 0 Å². The zero-order valence-corrected chi connectivity index (χ0v) is 19.5. The lowest BCUT2D eigenvalue weighted by Crippen LogP contribution is -2.10. The third-order valence-corrected chi connectivity index (χ3v) is 5.75. The summed E-state index contributed by atoms with van der Waals surface area (Å²) < 4.78 is 1.90. The van der Waals surface area contributed by atoms with E-state index in [-0.39, 0.29) is 0 Å². The molecular formula is C26H30N6O. The maximum absolute atomic E-state index is 12.0. The van der Waals surface area contributed by atoms with Crippen LogP contribution in [-0.4, -0.2) is 36.7 Å². The van der Waals surface area contributed by atoms with E-state index in [1.54, 1.807) is 0 Å². The molecule has 2 aromatic heterocycles. The fourth-order valence-corrected chi connectivity index (χ4v) is 4.13. The van der Waals surface area contributed by atoms with Crippen LogP contribution in [0.25, 0.3) is 22.5 Å². The molecule has 0 amide bonds. The smallest absolute Gasteiger partial charge is 0.205 e. The van der Waals surface area contributed by atoms with Crippen LogP contribution in [-0.2, 0) is 19.4 Å². The Bertz CT molecular complexity index is 1190. The molecule has 4 aromatic rings. The second-order valence-corrected chi connectivity index (χ2v) is 8.76. The van der Waals surface area contributed by atoms with E-state index < -0.39 is 0 Å². The van der Waals surface area contributed by atoms with Crippen LogP contribution in [0.5, 0.6) is 0 Å². The Morgan fingerprint density at radius 3 is 2.45 bits per heavy atom. The number of H-pyrrole nitrogens is 1. The van der Waals surface area contributed by atoms with E-state index in [9.17, 15) is 4.79 Å². The first-order valence-electron chi connectivity index (χ1n) is 11.6. The molecule has 0 aliphatic carbocycles. The van der Waals surface area contributed by atoms with Gasteiger partial charge in [0.05, 0.1) is 5.69 Å². The van der Waals surface area contributed by atoms with Crippen LogP contribution >= 0.6 is 0 Å². The van der Waals surface area contributed by atoms with Crippen molar-refractivity contribution in [1.29, 1.82) is 0 Å². The third kappa shape index (κ3) is 5.08. The largest absolute Gasteiger partial charge is 0.296 e. The number of hydrogen-bond donors (Lipinski definition) is 1. The van der Waals surface area contributed by atoms with Gasteiger partial charge in [-0.25, -0.2) is 0 Å². The van der Waals surface area contributed by atoms with Crippen molar-refractivity contribution < 1.29 is 4.79 Å². The summed E-state index contributed by atoms with van der Waals surface area (Å²) in [6.07, 6.45) is 4.72. The second-order valence-electron chi connectivity index (χ2n) is 8.76. The number of carbonyl (C=O) groups excluding carboxylic acids is 1. The first-order chi connectivity index (χ1) is 16.1. The van der Waals surface area contributed by atoms with Gasteiger partial charge in [-0.05, 0) is 40.7 Å². The van der Waals surface area contributed by atoms with Gasteiger partial charge in [0, 0.05) is 24.1 Å². The lowest BCUT2D eigenvalue weighted by atomic mass is 9.96. The first-order valence-corrected chi connectivity index (χ1v) is 11.6. The Labute approximate surface area is 194 Å². The van der Waals surface area contributed by atoms with Crippen molar-refractivity contribution in [2.75, 3.05) is 0 Å². The normalized spacial score (nSPS) is 11.3. The van der Waals surface area contributed by atoms with E-state index in [4.69, 9.17) is 5.10 Å². The molecular weight excluding hydrogens is 412 g/mol. The molecule has 0 atom stereocenters. The number of nitrogens with zero attached hydrogens (tertiary/aromatic N) is 5. The number of nitrogens with one attached hydrogen (secondary N) is 1. The topological polar surface area (TPSA) is 89.4 Å². The van der Waals surface area contributed by atoms with E-state index in [0.717, 1.165) is 65.6 Å². The van der Waals surface area contributed by atoms with Gasteiger partial charge in [-0.2, -0.15) is 10.3 Å². The second kappa shape index (κ2) is 10.3. The summed E-state index contributed by atoms with van der Waals surface area (Å²) in [5, 5.41) is 19.3. The minimum Gasteiger partial charge on any atom is -0.296 e. The van der Waals surface area contributed by atoms with Crippen LogP contribution in [0.2, 0.25) is 0 Å². The van der Waals surface area contributed by atoms with Crippen molar-refractivity contribution in [3.63, 3.8) is 0 Å². The highest BCUT2D eigenvalue weighted by atomic mass is 16.1. The molecule has 0 aliphatic rings. The number of benzene rings is 2. The summed E-state index contributed by atoms with van der Waals surface area (Å²) in [5.74, 6) is 0.998. The molecule has 2 heterocycles. The maximum Gasteiger partial charge on any atom is 0.205 e. The number of aromatic amines is 1. The van der Waals surface area contributed by atoms with Crippen molar-refractivity contribution in [2.24, 2.45) is 5.92 Å². The summed E-state index contributed by atoms with van der Waals surface area (Å²) >= 11 is 0. The van der Waals surface area contributed by atoms with Crippen molar-refractivity contribution in [2.45, 2.75) is 53.0 Å².